The minimum Gasteiger partial charge on any atom is -0.385 e. The van der Waals surface area contributed by atoms with Gasteiger partial charge in [-0.05, 0) is 56.2 Å². The Morgan fingerprint density at radius 1 is 1.38 bits per heavy atom. The lowest BCUT2D eigenvalue weighted by molar-refractivity contribution is 0.0538. The highest BCUT2D eigenvalue weighted by molar-refractivity contribution is 5.97. The molecule has 1 atom stereocenters. The summed E-state index contributed by atoms with van der Waals surface area (Å²) in [5.41, 5.74) is 3.12. The van der Waals surface area contributed by atoms with E-state index in [1.165, 1.54) is 5.56 Å². The largest absolute Gasteiger partial charge is 0.385 e. The van der Waals surface area contributed by atoms with Crippen LogP contribution in [0.4, 0.5) is 5.69 Å². The summed E-state index contributed by atoms with van der Waals surface area (Å²) in [6.45, 7) is 4.74. The maximum absolute atomic E-state index is 12.6. The van der Waals surface area contributed by atoms with Crippen molar-refractivity contribution in [1.82, 2.24) is 5.32 Å². The quantitative estimate of drug-likeness (QED) is 0.899. The van der Waals surface area contributed by atoms with E-state index in [1.54, 1.807) is 0 Å². The molecule has 2 N–H and O–H groups in total. The number of carbonyl (C=O) groups excluding carboxylic acids is 1. The van der Waals surface area contributed by atoms with Crippen molar-refractivity contribution < 1.29 is 9.53 Å². The summed E-state index contributed by atoms with van der Waals surface area (Å²) in [5.74, 6) is 0.593. The summed E-state index contributed by atoms with van der Waals surface area (Å²) >= 11 is 0. The van der Waals surface area contributed by atoms with Crippen LogP contribution in [-0.2, 0) is 11.2 Å². The van der Waals surface area contributed by atoms with Crippen LogP contribution in [0.3, 0.4) is 0 Å². The van der Waals surface area contributed by atoms with Crippen molar-refractivity contribution in [1.29, 1.82) is 0 Å². The SMILES string of the molecule is CC(NC(=O)c1cccc2c1CCCN2)C1CCOCC1. The Morgan fingerprint density at radius 3 is 3.00 bits per heavy atom. The van der Waals surface area contributed by atoms with Gasteiger partial charge >= 0.3 is 0 Å². The van der Waals surface area contributed by atoms with Gasteiger partial charge in [-0.1, -0.05) is 6.07 Å². The van der Waals surface area contributed by atoms with Gasteiger partial charge in [0.2, 0.25) is 0 Å². The van der Waals surface area contributed by atoms with Gasteiger partial charge in [-0.3, -0.25) is 4.79 Å². The predicted molar refractivity (Wildman–Crippen MR) is 83.7 cm³/mol. The minimum atomic E-state index is 0.0644. The van der Waals surface area contributed by atoms with Crippen LogP contribution in [0.25, 0.3) is 0 Å². The third-order valence-corrected chi connectivity index (χ3v) is 4.67. The molecule has 1 aromatic carbocycles. The number of hydrogen-bond donors (Lipinski definition) is 2. The standard InChI is InChI=1S/C17H24N2O2/c1-12(13-7-10-21-11-8-13)19-17(20)15-4-2-6-16-14(15)5-3-9-18-16/h2,4,6,12-13,18H,3,5,7-11H2,1H3,(H,19,20). The second-order valence-electron chi connectivity index (χ2n) is 6.07. The molecule has 2 aliphatic heterocycles. The minimum absolute atomic E-state index is 0.0644. The first kappa shape index (κ1) is 14.4. The van der Waals surface area contributed by atoms with E-state index in [2.05, 4.69) is 23.6 Å². The monoisotopic (exact) mass is 288 g/mol. The molecular formula is C17H24N2O2. The van der Waals surface area contributed by atoms with Gasteiger partial charge in [0.1, 0.15) is 0 Å². The van der Waals surface area contributed by atoms with Crippen molar-refractivity contribution in [2.75, 3.05) is 25.1 Å². The number of hydrogen-bond acceptors (Lipinski definition) is 3. The third kappa shape index (κ3) is 3.21. The highest BCUT2D eigenvalue weighted by atomic mass is 16.5. The average molecular weight is 288 g/mol. The van der Waals surface area contributed by atoms with E-state index in [0.29, 0.717) is 5.92 Å². The van der Waals surface area contributed by atoms with E-state index in [9.17, 15) is 4.79 Å². The van der Waals surface area contributed by atoms with E-state index in [1.807, 2.05) is 12.1 Å². The highest BCUT2D eigenvalue weighted by Crippen LogP contribution is 2.26. The van der Waals surface area contributed by atoms with E-state index in [-0.39, 0.29) is 11.9 Å². The molecule has 2 heterocycles. The zero-order valence-electron chi connectivity index (χ0n) is 12.7. The predicted octanol–water partition coefficient (Wildman–Crippen LogP) is 2.59. The van der Waals surface area contributed by atoms with Crippen molar-refractivity contribution in [3.05, 3.63) is 29.3 Å². The smallest absolute Gasteiger partial charge is 0.251 e. The first-order valence-electron chi connectivity index (χ1n) is 8.00. The zero-order valence-corrected chi connectivity index (χ0v) is 12.7. The van der Waals surface area contributed by atoms with Gasteiger partial charge in [0.25, 0.3) is 5.91 Å². The van der Waals surface area contributed by atoms with E-state index < -0.39 is 0 Å². The van der Waals surface area contributed by atoms with E-state index >= 15 is 0 Å². The molecule has 1 unspecified atom stereocenters. The second-order valence-corrected chi connectivity index (χ2v) is 6.07. The number of ether oxygens (including phenoxy) is 1. The van der Waals surface area contributed by atoms with Crippen LogP contribution in [-0.4, -0.2) is 31.7 Å². The molecule has 114 valence electrons. The first-order chi connectivity index (χ1) is 10.3. The molecule has 0 saturated carbocycles. The van der Waals surface area contributed by atoms with Crippen LogP contribution in [0.2, 0.25) is 0 Å². The Kier molecular flexibility index (Phi) is 4.44. The molecule has 0 aliphatic carbocycles. The normalized spacial score (nSPS) is 20.2. The van der Waals surface area contributed by atoms with Gasteiger partial charge in [-0.2, -0.15) is 0 Å². The van der Waals surface area contributed by atoms with Crippen LogP contribution in [0.15, 0.2) is 18.2 Å². The van der Waals surface area contributed by atoms with Crippen LogP contribution in [0.5, 0.6) is 0 Å². The summed E-state index contributed by atoms with van der Waals surface area (Å²) in [6.07, 6.45) is 4.15. The molecule has 4 nitrogen and oxygen atoms in total. The van der Waals surface area contributed by atoms with Crippen molar-refractivity contribution in [2.45, 2.75) is 38.6 Å². The number of rotatable bonds is 3. The summed E-state index contributed by atoms with van der Waals surface area (Å²) in [7, 11) is 0. The molecule has 1 aromatic rings. The van der Waals surface area contributed by atoms with Crippen molar-refractivity contribution in [2.24, 2.45) is 5.92 Å². The lowest BCUT2D eigenvalue weighted by Crippen LogP contribution is -2.40. The van der Waals surface area contributed by atoms with Crippen LogP contribution < -0.4 is 10.6 Å². The van der Waals surface area contributed by atoms with Gasteiger partial charge in [-0.15, -0.1) is 0 Å². The van der Waals surface area contributed by atoms with Gasteiger partial charge in [0.05, 0.1) is 0 Å². The fourth-order valence-electron chi connectivity index (χ4n) is 3.34. The van der Waals surface area contributed by atoms with Crippen LogP contribution >= 0.6 is 0 Å². The van der Waals surface area contributed by atoms with Crippen LogP contribution in [0, 0.1) is 5.92 Å². The third-order valence-electron chi connectivity index (χ3n) is 4.67. The number of anilines is 1. The fourth-order valence-corrected chi connectivity index (χ4v) is 3.34. The lowest BCUT2D eigenvalue weighted by Gasteiger charge is -2.29. The average Bonchev–Trinajstić information content (AvgIpc) is 2.55. The molecular weight excluding hydrogens is 264 g/mol. The second kappa shape index (κ2) is 6.48. The number of fused-ring (bicyclic) bond motifs is 1. The maximum atomic E-state index is 12.6. The van der Waals surface area contributed by atoms with Gasteiger partial charge in [0.15, 0.2) is 0 Å². The number of benzene rings is 1. The molecule has 21 heavy (non-hydrogen) atoms. The van der Waals surface area contributed by atoms with Gasteiger partial charge in [0, 0.05) is 37.1 Å². The summed E-state index contributed by atoms with van der Waals surface area (Å²) in [5, 5.41) is 6.57. The van der Waals surface area contributed by atoms with Crippen molar-refractivity contribution in [3.63, 3.8) is 0 Å². The number of amides is 1. The molecule has 1 saturated heterocycles. The Morgan fingerprint density at radius 2 is 2.19 bits per heavy atom. The Hall–Kier alpha value is -1.55. The lowest BCUT2D eigenvalue weighted by atomic mass is 9.92. The highest BCUT2D eigenvalue weighted by Gasteiger charge is 2.24. The molecule has 2 aliphatic rings. The number of carbonyl (C=O) groups is 1. The van der Waals surface area contributed by atoms with E-state index in [0.717, 1.165) is 56.7 Å². The molecule has 1 fully saturated rings. The maximum Gasteiger partial charge on any atom is 0.251 e. The van der Waals surface area contributed by atoms with Gasteiger partial charge < -0.3 is 15.4 Å². The Balaban J connectivity index is 1.70. The topological polar surface area (TPSA) is 50.4 Å². The molecule has 4 heteroatoms. The molecule has 0 aromatic heterocycles. The molecule has 3 rings (SSSR count). The van der Waals surface area contributed by atoms with Crippen molar-refractivity contribution >= 4 is 11.6 Å². The van der Waals surface area contributed by atoms with Gasteiger partial charge in [-0.25, -0.2) is 0 Å². The molecule has 0 radical (unpaired) electrons. The molecule has 1 amide bonds. The summed E-state index contributed by atoms with van der Waals surface area (Å²) < 4.78 is 5.39. The summed E-state index contributed by atoms with van der Waals surface area (Å²) in [4.78, 5) is 12.6. The summed E-state index contributed by atoms with van der Waals surface area (Å²) in [6, 6.07) is 6.17. The van der Waals surface area contributed by atoms with E-state index in [4.69, 9.17) is 4.74 Å². The number of nitrogens with one attached hydrogen (secondary N) is 2. The zero-order chi connectivity index (χ0) is 14.7. The Bertz CT molecular complexity index is 510. The Labute approximate surface area is 126 Å². The molecule has 0 spiro atoms. The van der Waals surface area contributed by atoms with Crippen molar-refractivity contribution in [3.8, 4) is 0 Å². The van der Waals surface area contributed by atoms with Crippen LogP contribution in [0.1, 0.15) is 42.1 Å². The first-order valence-corrected chi connectivity index (χ1v) is 8.00. The fraction of sp³-hybridized carbons (Fsp3) is 0.588. The molecule has 0 bridgehead atoms.